The first kappa shape index (κ1) is 13.0. The van der Waals surface area contributed by atoms with E-state index in [4.69, 9.17) is 4.74 Å². The van der Waals surface area contributed by atoms with Gasteiger partial charge in [-0.05, 0) is 24.6 Å². The van der Waals surface area contributed by atoms with E-state index in [2.05, 4.69) is 19.1 Å². The Labute approximate surface area is 119 Å². The van der Waals surface area contributed by atoms with Crippen LogP contribution >= 0.6 is 0 Å². The molecule has 0 saturated heterocycles. The predicted molar refractivity (Wildman–Crippen MR) is 78.4 cm³/mol. The number of hydrogen-bond donors (Lipinski definition) is 0. The lowest BCUT2D eigenvalue weighted by atomic mass is 10.1. The number of Topliss-reactive ketones (excluding diaryl/α,β-unsaturated/α-hetero) is 1. The van der Waals surface area contributed by atoms with Crippen LogP contribution in [0.3, 0.4) is 0 Å². The van der Waals surface area contributed by atoms with Crippen molar-refractivity contribution in [1.29, 1.82) is 0 Å². The third-order valence-electron chi connectivity index (χ3n) is 3.77. The van der Waals surface area contributed by atoms with Crippen molar-refractivity contribution in [3.05, 3.63) is 53.3 Å². The summed E-state index contributed by atoms with van der Waals surface area (Å²) in [7, 11) is 0. The van der Waals surface area contributed by atoms with E-state index in [0.717, 1.165) is 24.3 Å². The van der Waals surface area contributed by atoms with Crippen molar-refractivity contribution in [2.24, 2.45) is 0 Å². The summed E-state index contributed by atoms with van der Waals surface area (Å²) >= 11 is 0. The van der Waals surface area contributed by atoms with Crippen molar-refractivity contribution in [1.82, 2.24) is 4.57 Å². The van der Waals surface area contributed by atoms with E-state index in [1.54, 1.807) is 0 Å². The van der Waals surface area contributed by atoms with Crippen LogP contribution in [0.5, 0.6) is 5.75 Å². The molecule has 3 rings (SSSR count). The number of rotatable bonds is 4. The zero-order valence-electron chi connectivity index (χ0n) is 11.9. The van der Waals surface area contributed by atoms with Crippen molar-refractivity contribution >= 4 is 5.78 Å². The average molecular weight is 269 g/mol. The van der Waals surface area contributed by atoms with Crippen LogP contribution in [0.15, 0.2) is 36.7 Å². The lowest BCUT2D eigenvalue weighted by molar-refractivity contribution is 0.0988. The second kappa shape index (κ2) is 5.16. The molecule has 2 aromatic rings. The molecule has 0 spiro atoms. The van der Waals surface area contributed by atoms with Gasteiger partial charge >= 0.3 is 0 Å². The highest BCUT2D eigenvalue weighted by Gasteiger charge is 2.23. The Balaban J connectivity index is 1.68. The number of aromatic nitrogens is 1. The number of nitrogens with zero attached hydrogens (tertiary/aromatic N) is 1. The summed E-state index contributed by atoms with van der Waals surface area (Å²) in [4.78, 5) is 11.6. The molecule has 2 heterocycles. The molecule has 3 heteroatoms. The van der Waals surface area contributed by atoms with Gasteiger partial charge in [0.25, 0.3) is 0 Å². The molecule has 20 heavy (non-hydrogen) atoms. The fraction of sp³-hybridized carbons (Fsp3) is 0.353. The van der Waals surface area contributed by atoms with Gasteiger partial charge in [0.15, 0.2) is 5.78 Å². The fourth-order valence-electron chi connectivity index (χ4n) is 2.71. The molecule has 1 atom stereocenters. The monoisotopic (exact) mass is 269 g/mol. The molecule has 0 radical (unpaired) electrons. The Bertz CT molecular complexity index is 642. The summed E-state index contributed by atoms with van der Waals surface area (Å²) in [5.74, 6) is 1.19. The van der Waals surface area contributed by atoms with E-state index < -0.39 is 0 Å². The minimum Gasteiger partial charge on any atom is -0.488 e. The maximum Gasteiger partial charge on any atom is 0.164 e. The number of fused-ring (bicyclic) bond motifs is 1. The zero-order valence-corrected chi connectivity index (χ0v) is 11.9. The van der Waals surface area contributed by atoms with Gasteiger partial charge in [-0.15, -0.1) is 0 Å². The third kappa shape index (κ3) is 2.48. The second-order valence-corrected chi connectivity index (χ2v) is 5.43. The Morgan fingerprint density at radius 3 is 3.05 bits per heavy atom. The molecule has 3 nitrogen and oxygen atoms in total. The Morgan fingerprint density at radius 2 is 2.25 bits per heavy atom. The first-order valence-electron chi connectivity index (χ1n) is 7.11. The van der Waals surface area contributed by atoms with Gasteiger partial charge in [0, 0.05) is 30.8 Å². The molecule has 1 aromatic heterocycles. The molecule has 0 aliphatic carbocycles. The summed E-state index contributed by atoms with van der Waals surface area (Å²) < 4.78 is 8.00. The molecule has 1 aromatic carbocycles. The topological polar surface area (TPSA) is 31.2 Å². The van der Waals surface area contributed by atoms with E-state index in [9.17, 15) is 4.79 Å². The number of hydrogen-bond acceptors (Lipinski definition) is 2. The minimum atomic E-state index is 0.156. The largest absolute Gasteiger partial charge is 0.488 e. The number of ether oxygens (including phenoxy) is 1. The maximum atomic E-state index is 11.6. The van der Waals surface area contributed by atoms with Crippen LogP contribution in [-0.2, 0) is 13.0 Å². The molecule has 0 N–H and O–H groups in total. The van der Waals surface area contributed by atoms with E-state index in [1.807, 2.05) is 36.0 Å². The molecule has 104 valence electrons. The molecule has 0 bridgehead atoms. The van der Waals surface area contributed by atoms with Crippen LogP contribution < -0.4 is 4.74 Å². The van der Waals surface area contributed by atoms with Crippen LogP contribution in [0.1, 0.15) is 34.8 Å². The number of ketones is 1. The van der Waals surface area contributed by atoms with Crippen LogP contribution in [0.2, 0.25) is 0 Å². The molecule has 1 aliphatic rings. The average Bonchev–Trinajstić information content (AvgIpc) is 3.04. The Hall–Kier alpha value is -2.03. The smallest absolute Gasteiger partial charge is 0.164 e. The zero-order chi connectivity index (χ0) is 14.1. The molecule has 1 unspecified atom stereocenters. The number of aryl methyl sites for hydroxylation is 1. The number of carbonyl (C=O) groups is 1. The summed E-state index contributed by atoms with van der Waals surface area (Å²) in [6, 6.07) is 8.20. The van der Waals surface area contributed by atoms with Gasteiger partial charge in [-0.3, -0.25) is 4.79 Å². The minimum absolute atomic E-state index is 0.156. The van der Waals surface area contributed by atoms with Gasteiger partial charge in [0.2, 0.25) is 0 Å². The summed E-state index contributed by atoms with van der Waals surface area (Å²) in [6.07, 6.45) is 5.52. The van der Waals surface area contributed by atoms with Gasteiger partial charge in [0.05, 0.1) is 6.54 Å². The normalized spacial score (nSPS) is 16.8. The quantitative estimate of drug-likeness (QED) is 0.797. The summed E-state index contributed by atoms with van der Waals surface area (Å²) in [5.41, 5.74) is 3.34. The van der Waals surface area contributed by atoms with E-state index in [1.165, 1.54) is 11.1 Å². The van der Waals surface area contributed by atoms with Crippen molar-refractivity contribution in [2.45, 2.75) is 39.3 Å². The molecule has 0 saturated carbocycles. The van der Waals surface area contributed by atoms with Gasteiger partial charge in [0.1, 0.15) is 11.9 Å². The first-order valence-corrected chi connectivity index (χ1v) is 7.11. The van der Waals surface area contributed by atoms with Crippen molar-refractivity contribution in [3.8, 4) is 5.75 Å². The van der Waals surface area contributed by atoms with Crippen LogP contribution in [0.4, 0.5) is 0 Å². The van der Waals surface area contributed by atoms with Crippen LogP contribution in [0.25, 0.3) is 0 Å². The van der Waals surface area contributed by atoms with Gasteiger partial charge in [-0.25, -0.2) is 0 Å². The maximum absolute atomic E-state index is 11.6. The van der Waals surface area contributed by atoms with Crippen molar-refractivity contribution in [3.63, 3.8) is 0 Å². The van der Waals surface area contributed by atoms with Crippen LogP contribution in [-0.4, -0.2) is 16.5 Å². The number of benzene rings is 1. The van der Waals surface area contributed by atoms with E-state index in [0.29, 0.717) is 6.42 Å². The molecule has 0 fully saturated rings. The van der Waals surface area contributed by atoms with Crippen molar-refractivity contribution in [2.75, 3.05) is 0 Å². The highest BCUT2D eigenvalue weighted by Crippen LogP contribution is 2.30. The van der Waals surface area contributed by atoms with E-state index in [-0.39, 0.29) is 11.9 Å². The Morgan fingerprint density at radius 1 is 1.40 bits per heavy atom. The lowest BCUT2D eigenvalue weighted by Gasteiger charge is -2.11. The first-order chi connectivity index (χ1) is 9.65. The third-order valence-corrected chi connectivity index (χ3v) is 3.77. The standard InChI is InChI=1S/C17H19NO2/c1-3-16(19)13-6-7-18(10-13)11-15-9-14-8-12(2)4-5-17(14)20-15/h4-8,10,15H,3,9,11H2,1-2H3. The lowest BCUT2D eigenvalue weighted by Crippen LogP contribution is -2.19. The predicted octanol–water partition coefficient (Wildman–Crippen LogP) is 3.39. The number of carbonyl (C=O) groups excluding carboxylic acids is 1. The molecular formula is C17H19NO2. The van der Waals surface area contributed by atoms with E-state index >= 15 is 0 Å². The molecule has 0 amide bonds. The summed E-state index contributed by atoms with van der Waals surface area (Å²) in [6.45, 7) is 4.77. The second-order valence-electron chi connectivity index (χ2n) is 5.43. The Kier molecular flexibility index (Phi) is 3.35. The molecular weight excluding hydrogens is 250 g/mol. The van der Waals surface area contributed by atoms with Crippen LogP contribution in [0, 0.1) is 6.92 Å². The van der Waals surface area contributed by atoms with Gasteiger partial charge in [-0.1, -0.05) is 24.6 Å². The van der Waals surface area contributed by atoms with Gasteiger partial charge in [-0.2, -0.15) is 0 Å². The van der Waals surface area contributed by atoms with Gasteiger partial charge < -0.3 is 9.30 Å². The molecule has 1 aliphatic heterocycles. The SMILES string of the molecule is CCC(=O)c1ccn(CC2Cc3cc(C)ccc3O2)c1. The summed E-state index contributed by atoms with van der Waals surface area (Å²) in [5, 5.41) is 0. The fourth-order valence-corrected chi connectivity index (χ4v) is 2.71. The highest BCUT2D eigenvalue weighted by atomic mass is 16.5. The highest BCUT2D eigenvalue weighted by molar-refractivity contribution is 5.95. The van der Waals surface area contributed by atoms with Crippen molar-refractivity contribution < 1.29 is 9.53 Å².